The molecule has 2 rings (SSSR count). The molecular formula is C15H27N3O3. The second-order valence-electron chi connectivity index (χ2n) is 6.26. The number of nitrogens with one attached hydrogen (secondary N) is 1. The minimum atomic E-state index is -0.704. The van der Waals surface area contributed by atoms with Crippen LogP contribution in [0.25, 0.3) is 0 Å². The first-order valence-corrected chi connectivity index (χ1v) is 8.03. The average molecular weight is 297 g/mol. The number of rotatable bonds is 3. The summed E-state index contributed by atoms with van der Waals surface area (Å²) in [7, 11) is 0. The highest BCUT2D eigenvalue weighted by molar-refractivity contribution is 5.75. The molecule has 2 aliphatic rings. The van der Waals surface area contributed by atoms with Gasteiger partial charge >= 0.3 is 12.0 Å². The van der Waals surface area contributed by atoms with Gasteiger partial charge in [0, 0.05) is 31.7 Å². The Balaban J connectivity index is 1.76. The molecule has 2 N–H and O–H groups in total. The number of urea groups is 1. The van der Waals surface area contributed by atoms with Crippen molar-refractivity contribution in [1.82, 2.24) is 15.1 Å². The minimum Gasteiger partial charge on any atom is -0.481 e. The molecule has 21 heavy (non-hydrogen) atoms. The fraction of sp³-hybridized carbons (Fsp3) is 0.867. The number of carbonyl (C=O) groups excluding carboxylic acids is 1. The van der Waals surface area contributed by atoms with Gasteiger partial charge in [0.05, 0.1) is 5.92 Å². The van der Waals surface area contributed by atoms with E-state index in [1.807, 2.05) is 4.90 Å². The molecule has 1 atom stereocenters. The van der Waals surface area contributed by atoms with Crippen LogP contribution in [0.2, 0.25) is 0 Å². The highest BCUT2D eigenvalue weighted by Crippen LogP contribution is 2.24. The number of carbonyl (C=O) groups is 2. The van der Waals surface area contributed by atoms with Crippen LogP contribution in [0.5, 0.6) is 0 Å². The van der Waals surface area contributed by atoms with Gasteiger partial charge < -0.3 is 15.3 Å². The van der Waals surface area contributed by atoms with E-state index in [-0.39, 0.29) is 18.0 Å². The molecule has 0 spiro atoms. The molecule has 1 unspecified atom stereocenters. The second-order valence-corrected chi connectivity index (χ2v) is 6.26. The molecule has 6 heteroatoms. The van der Waals surface area contributed by atoms with Crippen molar-refractivity contribution in [2.45, 2.75) is 51.6 Å². The molecule has 0 radical (unpaired) electrons. The van der Waals surface area contributed by atoms with Crippen molar-refractivity contribution < 1.29 is 14.7 Å². The Morgan fingerprint density at radius 2 is 1.86 bits per heavy atom. The van der Waals surface area contributed by atoms with Crippen LogP contribution in [0.4, 0.5) is 4.79 Å². The minimum absolute atomic E-state index is 0.0105. The summed E-state index contributed by atoms with van der Waals surface area (Å²) in [5.74, 6) is -0.935. The van der Waals surface area contributed by atoms with Crippen molar-refractivity contribution in [3.8, 4) is 0 Å². The highest BCUT2D eigenvalue weighted by Gasteiger charge is 2.30. The molecule has 0 bridgehead atoms. The van der Waals surface area contributed by atoms with E-state index < -0.39 is 5.97 Å². The second kappa shape index (κ2) is 7.11. The molecule has 120 valence electrons. The molecule has 0 aromatic rings. The number of piperazine rings is 1. The molecule has 1 saturated carbocycles. The molecule has 0 aromatic carbocycles. The van der Waals surface area contributed by atoms with Crippen LogP contribution in [0.1, 0.15) is 39.5 Å². The first-order chi connectivity index (χ1) is 10.0. The van der Waals surface area contributed by atoms with E-state index in [2.05, 4.69) is 24.1 Å². The molecule has 6 nitrogen and oxygen atoms in total. The van der Waals surface area contributed by atoms with Gasteiger partial charge in [0.1, 0.15) is 0 Å². The van der Waals surface area contributed by atoms with E-state index in [1.165, 1.54) is 0 Å². The summed E-state index contributed by atoms with van der Waals surface area (Å²) in [5, 5.41) is 12.1. The summed E-state index contributed by atoms with van der Waals surface area (Å²) in [5.41, 5.74) is 0. The van der Waals surface area contributed by atoms with Gasteiger partial charge in [-0.15, -0.1) is 0 Å². The van der Waals surface area contributed by atoms with E-state index in [0.29, 0.717) is 18.9 Å². The van der Waals surface area contributed by atoms with Gasteiger partial charge in [-0.05, 0) is 39.2 Å². The Hall–Kier alpha value is -1.30. The summed E-state index contributed by atoms with van der Waals surface area (Å²) in [6.45, 7) is 7.79. The number of nitrogens with zero attached hydrogens (tertiary/aromatic N) is 2. The highest BCUT2D eigenvalue weighted by atomic mass is 16.4. The molecule has 1 aliphatic carbocycles. The number of likely N-dealkylation sites (N-methyl/N-ethyl adjacent to an activating group) is 1. The molecular weight excluding hydrogens is 270 g/mol. The van der Waals surface area contributed by atoms with Gasteiger partial charge in [0.25, 0.3) is 0 Å². The first-order valence-electron chi connectivity index (χ1n) is 8.03. The summed E-state index contributed by atoms with van der Waals surface area (Å²) in [6, 6.07) is 0.543. The zero-order valence-electron chi connectivity index (χ0n) is 13.0. The van der Waals surface area contributed by atoms with Crippen molar-refractivity contribution in [2.24, 2.45) is 5.92 Å². The lowest BCUT2D eigenvalue weighted by Gasteiger charge is -2.40. The first kappa shape index (κ1) is 16.1. The maximum Gasteiger partial charge on any atom is 0.317 e. The van der Waals surface area contributed by atoms with Gasteiger partial charge in [-0.25, -0.2) is 4.79 Å². The lowest BCUT2D eigenvalue weighted by molar-refractivity contribution is -0.142. The topological polar surface area (TPSA) is 72.9 Å². The van der Waals surface area contributed by atoms with E-state index in [1.54, 1.807) is 0 Å². The van der Waals surface area contributed by atoms with E-state index in [0.717, 1.165) is 39.0 Å². The molecule has 1 aliphatic heterocycles. The number of aliphatic carboxylic acids is 1. The Morgan fingerprint density at radius 3 is 2.38 bits per heavy atom. The van der Waals surface area contributed by atoms with E-state index in [4.69, 9.17) is 5.11 Å². The van der Waals surface area contributed by atoms with Crippen LogP contribution in [0.15, 0.2) is 0 Å². The SMILES string of the molecule is CCN1CCN(C(=O)NC2CCC(C(=O)O)CC2)CC1C. The fourth-order valence-corrected chi connectivity index (χ4v) is 3.40. The van der Waals surface area contributed by atoms with Crippen molar-refractivity contribution in [3.63, 3.8) is 0 Å². The Kier molecular flexibility index (Phi) is 5.45. The molecule has 2 amide bonds. The van der Waals surface area contributed by atoms with E-state index >= 15 is 0 Å². The summed E-state index contributed by atoms with van der Waals surface area (Å²) >= 11 is 0. The van der Waals surface area contributed by atoms with Crippen molar-refractivity contribution in [3.05, 3.63) is 0 Å². The fourth-order valence-electron chi connectivity index (χ4n) is 3.40. The van der Waals surface area contributed by atoms with Gasteiger partial charge in [-0.1, -0.05) is 6.92 Å². The van der Waals surface area contributed by atoms with Crippen molar-refractivity contribution in [1.29, 1.82) is 0 Å². The number of amides is 2. The van der Waals surface area contributed by atoms with Crippen LogP contribution >= 0.6 is 0 Å². The predicted octanol–water partition coefficient (Wildman–Crippen LogP) is 1.37. The maximum absolute atomic E-state index is 12.3. The summed E-state index contributed by atoms with van der Waals surface area (Å²) in [4.78, 5) is 27.5. The molecule has 1 saturated heterocycles. The quantitative estimate of drug-likeness (QED) is 0.825. The summed E-state index contributed by atoms with van der Waals surface area (Å²) < 4.78 is 0. The van der Waals surface area contributed by atoms with Crippen molar-refractivity contribution >= 4 is 12.0 Å². The molecule has 2 fully saturated rings. The van der Waals surface area contributed by atoms with Gasteiger partial charge in [-0.3, -0.25) is 9.69 Å². The third-order valence-corrected chi connectivity index (χ3v) is 4.86. The normalized spacial score (nSPS) is 31.0. The van der Waals surface area contributed by atoms with Crippen molar-refractivity contribution in [2.75, 3.05) is 26.2 Å². The van der Waals surface area contributed by atoms with Crippen LogP contribution in [0.3, 0.4) is 0 Å². The summed E-state index contributed by atoms with van der Waals surface area (Å²) in [6.07, 6.45) is 2.88. The van der Waals surface area contributed by atoms with E-state index in [9.17, 15) is 9.59 Å². The number of hydrogen-bond acceptors (Lipinski definition) is 3. The zero-order valence-corrected chi connectivity index (χ0v) is 13.0. The van der Waals surface area contributed by atoms with Crippen LogP contribution in [-0.4, -0.2) is 65.2 Å². The Bertz CT molecular complexity index is 380. The third kappa shape index (κ3) is 4.09. The largest absolute Gasteiger partial charge is 0.481 e. The number of hydrogen-bond donors (Lipinski definition) is 2. The number of carboxylic acid groups (broad SMARTS) is 1. The van der Waals surface area contributed by atoms with Gasteiger partial charge in [0.15, 0.2) is 0 Å². The third-order valence-electron chi connectivity index (χ3n) is 4.86. The predicted molar refractivity (Wildman–Crippen MR) is 80.2 cm³/mol. The van der Waals surface area contributed by atoms with Crippen LogP contribution < -0.4 is 5.32 Å². The van der Waals surface area contributed by atoms with Gasteiger partial charge in [-0.2, -0.15) is 0 Å². The zero-order chi connectivity index (χ0) is 15.4. The molecule has 0 aromatic heterocycles. The number of carboxylic acids is 1. The lowest BCUT2D eigenvalue weighted by atomic mass is 9.86. The smallest absolute Gasteiger partial charge is 0.317 e. The molecule has 1 heterocycles. The Morgan fingerprint density at radius 1 is 1.19 bits per heavy atom. The average Bonchev–Trinajstić information content (AvgIpc) is 2.47. The lowest BCUT2D eigenvalue weighted by Crippen LogP contribution is -2.57. The maximum atomic E-state index is 12.3. The standard InChI is InChI=1S/C15H27N3O3/c1-3-17-8-9-18(10-11(17)2)15(21)16-13-6-4-12(5-7-13)14(19)20/h11-13H,3-10H2,1-2H3,(H,16,21)(H,19,20). The van der Waals surface area contributed by atoms with Gasteiger partial charge in [0.2, 0.25) is 0 Å². The van der Waals surface area contributed by atoms with Crippen LogP contribution in [0, 0.1) is 5.92 Å². The Labute approximate surface area is 126 Å². The monoisotopic (exact) mass is 297 g/mol. The van der Waals surface area contributed by atoms with Crippen LogP contribution in [-0.2, 0) is 4.79 Å².